The van der Waals surface area contributed by atoms with Gasteiger partial charge in [-0.25, -0.2) is 4.98 Å². The van der Waals surface area contributed by atoms with Crippen molar-refractivity contribution >= 4 is 17.2 Å². The molecular weight excluding hydrogens is 328 g/mol. The first kappa shape index (κ1) is 15.7. The van der Waals surface area contributed by atoms with Gasteiger partial charge < -0.3 is 14.4 Å². The molecule has 0 bridgehead atoms. The fraction of sp³-hybridized carbons (Fsp3) is 0.562. The lowest BCUT2D eigenvalue weighted by Gasteiger charge is -2.33. The van der Waals surface area contributed by atoms with Gasteiger partial charge in [-0.15, -0.1) is 11.3 Å². The van der Waals surface area contributed by atoms with Gasteiger partial charge in [0.1, 0.15) is 18.0 Å². The molecule has 1 amide bonds. The number of aromatic amines is 1. The summed E-state index contributed by atoms with van der Waals surface area (Å²) in [6.45, 7) is 4.12. The van der Waals surface area contributed by atoms with Crippen LogP contribution in [-0.4, -0.2) is 52.3 Å². The standard InChI is InChI=1S/C16H20N4O3S/c1-10-17-16(19-18-10)13-9-20(4-6-23-13)14(21)8-12-15-11(2-5-22-12)3-7-24-15/h3,7,12-13H,2,4-6,8-9H2,1H3,(H,17,18,19)/t12-,13+/m1/s1. The first-order valence-corrected chi connectivity index (χ1v) is 9.05. The van der Waals surface area contributed by atoms with Gasteiger partial charge in [0.25, 0.3) is 0 Å². The molecule has 1 N–H and O–H groups in total. The van der Waals surface area contributed by atoms with Gasteiger partial charge in [0.05, 0.1) is 26.2 Å². The Labute approximate surface area is 144 Å². The number of fused-ring (bicyclic) bond motifs is 1. The van der Waals surface area contributed by atoms with Crippen molar-refractivity contribution in [2.75, 3.05) is 26.3 Å². The number of ether oxygens (including phenoxy) is 2. The van der Waals surface area contributed by atoms with E-state index in [1.165, 1.54) is 10.4 Å². The molecule has 24 heavy (non-hydrogen) atoms. The zero-order valence-electron chi connectivity index (χ0n) is 13.5. The summed E-state index contributed by atoms with van der Waals surface area (Å²) in [4.78, 5) is 20.1. The second kappa shape index (κ2) is 6.62. The number of carbonyl (C=O) groups excluding carboxylic acids is 1. The van der Waals surface area contributed by atoms with Gasteiger partial charge in [0.15, 0.2) is 5.82 Å². The molecule has 2 atom stereocenters. The van der Waals surface area contributed by atoms with Gasteiger partial charge in [-0.1, -0.05) is 0 Å². The van der Waals surface area contributed by atoms with E-state index in [9.17, 15) is 4.79 Å². The summed E-state index contributed by atoms with van der Waals surface area (Å²) < 4.78 is 11.6. The van der Waals surface area contributed by atoms with Gasteiger partial charge >= 0.3 is 0 Å². The first-order chi connectivity index (χ1) is 11.7. The molecular formula is C16H20N4O3S. The van der Waals surface area contributed by atoms with Gasteiger partial charge in [0, 0.05) is 11.4 Å². The lowest BCUT2D eigenvalue weighted by atomic mass is 10.0. The number of hydrogen-bond donors (Lipinski definition) is 1. The molecule has 0 aliphatic carbocycles. The van der Waals surface area contributed by atoms with Crippen LogP contribution < -0.4 is 0 Å². The third kappa shape index (κ3) is 3.09. The Hall–Kier alpha value is -1.77. The summed E-state index contributed by atoms with van der Waals surface area (Å²) in [5, 5.41) is 9.05. The van der Waals surface area contributed by atoms with E-state index in [0.29, 0.717) is 38.5 Å². The minimum absolute atomic E-state index is 0.0989. The average molecular weight is 348 g/mol. The molecule has 0 unspecified atom stereocenters. The third-order valence-corrected chi connectivity index (χ3v) is 5.50. The van der Waals surface area contributed by atoms with Crippen molar-refractivity contribution in [3.63, 3.8) is 0 Å². The first-order valence-electron chi connectivity index (χ1n) is 8.17. The Morgan fingerprint density at radius 1 is 1.46 bits per heavy atom. The highest BCUT2D eigenvalue weighted by Crippen LogP contribution is 2.34. The molecule has 4 rings (SSSR count). The summed E-state index contributed by atoms with van der Waals surface area (Å²) in [5.74, 6) is 1.46. The van der Waals surface area contributed by atoms with E-state index in [1.54, 1.807) is 11.3 Å². The number of morpholine rings is 1. The predicted molar refractivity (Wildman–Crippen MR) is 87.7 cm³/mol. The fourth-order valence-electron chi connectivity index (χ4n) is 3.20. The minimum Gasteiger partial charge on any atom is -0.372 e. The van der Waals surface area contributed by atoms with Crippen LogP contribution in [0.1, 0.15) is 40.7 Å². The largest absolute Gasteiger partial charge is 0.372 e. The zero-order chi connectivity index (χ0) is 16.5. The zero-order valence-corrected chi connectivity index (χ0v) is 14.3. The van der Waals surface area contributed by atoms with Crippen LogP contribution >= 0.6 is 11.3 Å². The van der Waals surface area contributed by atoms with Gasteiger partial charge in [-0.05, 0) is 30.4 Å². The fourth-order valence-corrected chi connectivity index (χ4v) is 4.20. The van der Waals surface area contributed by atoms with Crippen LogP contribution in [0.15, 0.2) is 11.4 Å². The molecule has 2 aromatic heterocycles. The molecule has 0 radical (unpaired) electrons. The summed E-state index contributed by atoms with van der Waals surface area (Å²) >= 11 is 1.68. The maximum absolute atomic E-state index is 12.7. The van der Waals surface area contributed by atoms with E-state index in [2.05, 4.69) is 26.6 Å². The Balaban J connectivity index is 1.42. The maximum Gasteiger partial charge on any atom is 0.225 e. The number of nitrogens with one attached hydrogen (secondary N) is 1. The van der Waals surface area contributed by atoms with Gasteiger partial charge in [0.2, 0.25) is 5.91 Å². The number of carbonyl (C=O) groups is 1. The summed E-state index contributed by atoms with van der Waals surface area (Å²) in [6, 6.07) is 2.14. The predicted octanol–water partition coefficient (Wildman–Crippen LogP) is 1.78. The van der Waals surface area contributed by atoms with Crippen molar-refractivity contribution in [1.29, 1.82) is 0 Å². The Kier molecular flexibility index (Phi) is 4.34. The van der Waals surface area contributed by atoms with Crippen molar-refractivity contribution in [2.45, 2.75) is 32.0 Å². The highest BCUT2D eigenvalue weighted by molar-refractivity contribution is 7.10. The number of amides is 1. The van der Waals surface area contributed by atoms with E-state index in [-0.39, 0.29) is 18.1 Å². The van der Waals surface area contributed by atoms with E-state index in [1.807, 2.05) is 11.8 Å². The second-order valence-electron chi connectivity index (χ2n) is 6.10. The van der Waals surface area contributed by atoms with E-state index in [4.69, 9.17) is 9.47 Å². The van der Waals surface area contributed by atoms with Crippen molar-refractivity contribution in [3.8, 4) is 0 Å². The van der Waals surface area contributed by atoms with E-state index < -0.39 is 0 Å². The summed E-state index contributed by atoms with van der Waals surface area (Å²) in [5.41, 5.74) is 1.32. The SMILES string of the molecule is Cc1nc([C@@H]2CN(C(=O)C[C@H]3OCCc4ccsc43)CCO2)n[nH]1. The molecule has 4 heterocycles. The lowest BCUT2D eigenvalue weighted by molar-refractivity contribution is -0.142. The monoisotopic (exact) mass is 348 g/mol. The number of aromatic nitrogens is 3. The van der Waals surface area contributed by atoms with Crippen LogP contribution in [0, 0.1) is 6.92 Å². The van der Waals surface area contributed by atoms with Crippen molar-refractivity contribution in [1.82, 2.24) is 20.1 Å². The summed E-state index contributed by atoms with van der Waals surface area (Å²) in [7, 11) is 0. The van der Waals surface area contributed by atoms with Crippen LogP contribution in [0.4, 0.5) is 0 Å². The topological polar surface area (TPSA) is 80.3 Å². The molecule has 2 aliphatic heterocycles. The molecule has 2 aliphatic rings. The quantitative estimate of drug-likeness (QED) is 0.914. The Bertz CT molecular complexity index is 728. The smallest absolute Gasteiger partial charge is 0.225 e. The molecule has 2 aromatic rings. The molecule has 0 saturated carbocycles. The van der Waals surface area contributed by atoms with Crippen LogP contribution in [0.25, 0.3) is 0 Å². The van der Waals surface area contributed by atoms with E-state index >= 15 is 0 Å². The number of hydrogen-bond acceptors (Lipinski definition) is 6. The van der Waals surface area contributed by atoms with Crippen LogP contribution in [0.5, 0.6) is 0 Å². The Morgan fingerprint density at radius 2 is 2.38 bits per heavy atom. The highest BCUT2D eigenvalue weighted by Gasteiger charge is 2.31. The number of nitrogens with zero attached hydrogens (tertiary/aromatic N) is 3. The molecule has 128 valence electrons. The Morgan fingerprint density at radius 3 is 3.21 bits per heavy atom. The van der Waals surface area contributed by atoms with Crippen molar-refractivity contribution in [3.05, 3.63) is 33.5 Å². The molecule has 7 nitrogen and oxygen atoms in total. The molecule has 1 fully saturated rings. The number of aryl methyl sites for hydroxylation is 1. The summed E-state index contributed by atoms with van der Waals surface area (Å²) in [6.07, 6.45) is 0.936. The normalized spacial score (nSPS) is 24.0. The van der Waals surface area contributed by atoms with Gasteiger partial charge in [-0.2, -0.15) is 5.10 Å². The molecule has 8 heteroatoms. The molecule has 0 spiro atoms. The molecule has 1 saturated heterocycles. The van der Waals surface area contributed by atoms with Crippen LogP contribution in [0.2, 0.25) is 0 Å². The number of thiophene rings is 1. The number of H-pyrrole nitrogens is 1. The van der Waals surface area contributed by atoms with Crippen molar-refractivity contribution < 1.29 is 14.3 Å². The lowest BCUT2D eigenvalue weighted by Crippen LogP contribution is -2.43. The molecule has 0 aromatic carbocycles. The van der Waals surface area contributed by atoms with E-state index in [0.717, 1.165) is 12.2 Å². The van der Waals surface area contributed by atoms with Crippen LogP contribution in [0.3, 0.4) is 0 Å². The number of rotatable bonds is 3. The second-order valence-corrected chi connectivity index (χ2v) is 7.05. The highest BCUT2D eigenvalue weighted by atomic mass is 32.1. The average Bonchev–Trinajstić information content (AvgIpc) is 3.24. The maximum atomic E-state index is 12.7. The third-order valence-electron chi connectivity index (χ3n) is 4.45. The van der Waals surface area contributed by atoms with Crippen molar-refractivity contribution in [2.24, 2.45) is 0 Å². The van der Waals surface area contributed by atoms with Gasteiger partial charge in [-0.3, -0.25) is 9.89 Å². The van der Waals surface area contributed by atoms with Crippen LogP contribution in [-0.2, 0) is 20.7 Å². The minimum atomic E-state index is -0.266.